The molecule has 0 amide bonds. The molecule has 0 nitrogen and oxygen atoms in total. The van der Waals surface area contributed by atoms with Crippen molar-refractivity contribution in [3.05, 3.63) is 23.3 Å². The molecule has 0 bridgehead atoms. The molecule has 0 radical (unpaired) electrons. The highest BCUT2D eigenvalue weighted by Gasteiger charge is 1.84. The van der Waals surface area contributed by atoms with E-state index in [4.69, 9.17) is 0 Å². The molecule has 0 saturated carbocycles. The average molecular weight is 110 g/mol. The van der Waals surface area contributed by atoms with E-state index in [9.17, 15) is 0 Å². The molecule has 0 atom stereocenters. The molecular weight excluding hydrogens is 96.1 g/mol. The Morgan fingerprint density at radius 1 is 0.875 bits per heavy atom. The van der Waals surface area contributed by atoms with E-state index in [0.717, 1.165) is 0 Å². The van der Waals surface area contributed by atoms with Crippen LogP contribution >= 0.6 is 0 Å². The second-order valence-corrected chi connectivity index (χ2v) is 1.94. The van der Waals surface area contributed by atoms with E-state index in [1.54, 1.807) is 0 Å². The van der Waals surface area contributed by atoms with Crippen LogP contribution in [0.4, 0.5) is 0 Å². The van der Waals surface area contributed by atoms with E-state index in [-0.39, 0.29) is 0 Å². The Hall–Kier alpha value is -0.520. The van der Waals surface area contributed by atoms with Crippen molar-refractivity contribution in [1.82, 2.24) is 0 Å². The summed E-state index contributed by atoms with van der Waals surface area (Å²) in [6.07, 6.45) is 4.24. The first-order valence-corrected chi connectivity index (χ1v) is 2.98. The Morgan fingerprint density at radius 2 is 1.12 bits per heavy atom. The predicted molar refractivity (Wildman–Crippen MR) is 38.9 cm³/mol. The minimum atomic E-state index is 1.37. The van der Waals surface area contributed by atoms with Gasteiger partial charge in [0.05, 0.1) is 0 Å². The zero-order valence-electron chi connectivity index (χ0n) is 6.15. The quantitative estimate of drug-likeness (QED) is 0.455. The summed E-state index contributed by atoms with van der Waals surface area (Å²) in [6, 6.07) is 0. The maximum atomic E-state index is 2.12. The number of hydrogen-bond acceptors (Lipinski definition) is 0. The molecule has 0 rings (SSSR count). The molecule has 0 aromatic heterocycles. The lowest BCUT2D eigenvalue weighted by Gasteiger charge is -1.95. The molecule has 0 aliphatic heterocycles. The molecule has 0 fully saturated rings. The molecule has 0 aromatic carbocycles. The highest BCUT2D eigenvalue weighted by atomic mass is 13.9. The van der Waals surface area contributed by atoms with Crippen molar-refractivity contribution in [3.8, 4) is 0 Å². The summed E-state index contributed by atoms with van der Waals surface area (Å²) in [7, 11) is 0. The van der Waals surface area contributed by atoms with Gasteiger partial charge in [-0.05, 0) is 27.7 Å². The van der Waals surface area contributed by atoms with Gasteiger partial charge < -0.3 is 0 Å². The van der Waals surface area contributed by atoms with Crippen molar-refractivity contribution in [2.24, 2.45) is 0 Å². The van der Waals surface area contributed by atoms with E-state index in [1.165, 1.54) is 11.1 Å². The normalized spacial score (nSPS) is 14.5. The number of hydrogen-bond donors (Lipinski definition) is 0. The SMILES string of the molecule is C/C=C(C)\C(C)=C\C. The maximum absolute atomic E-state index is 2.12. The Morgan fingerprint density at radius 3 is 1.25 bits per heavy atom. The number of rotatable bonds is 1. The molecule has 0 saturated heterocycles. The van der Waals surface area contributed by atoms with E-state index in [1.807, 2.05) is 0 Å². The summed E-state index contributed by atoms with van der Waals surface area (Å²) in [5.41, 5.74) is 2.74. The fourth-order valence-electron chi connectivity index (χ4n) is 0.455. The van der Waals surface area contributed by atoms with Crippen LogP contribution in [0.5, 0.6) is 0 Å². The fourth-order valence-corrected chi connectivity index (χ4v) is 0.455. The van der Waals surface area contributed by atoms with Crippen LogP contribution in [0.15, 0.2) is 23.3 Å². The molecule has 0 N–H and O–H groups in total. The monoisotopic (exact) mass is 110 g/mol. The molecular formula is C8H14. The molecule has 0 unspecified atom stereocenters. The van der Waals surface area contributed by atoms with Crippen LogP contribution in [0, 0.1) is 0 Å². The Kier molecular flexibility index (Phi) is 3.25. The van der Waals surface area contributed by atoms with Crippen LogP contribution in [-0.4, -0.2) is 0 Å². The largest absolute Gasteiger partial charge is 0.0845 e. The lowest BCUT2D eigenvalue weighted by atomic mass is 10.1. The first-order chi connectivity index (χ1) is 3.72. The molecule has 0 heterocycles. The van der Waals surface area contributed by atoms with E-state index in [2.05, 4.69) is 39.8 Å². The van der Waals surface area contributed by atoms with Crippen molar-refractivity contribution in [2.75, 3.05) is 0 Å². The van der Waals surface area contributed by atoms with Gasteiger partial charge in [0.1, 0.15) is 0 Å². The first kappa shape index (κ1) is 7.48. The predicted octanol–water partition coefficient (Wildman–Crippen LogP) is 2.92. The standard InChI is InChI=1S/C8H14/c1-5-7(3)8(4)6-2/h5-6H,1-4H3/b7-5-,8-6+. The second kappa shape index (κ2) is 3.48. The average Bonchev–Trinajstić information content (AvgIpc) is 1.84. The third kappa shape index (κ3) is 1.97. The smallest absolute Gasteiger partial charge is 0.0399 e. The third-order valence-corrected chi connectivity index (χ3v) is 1.49. The summed E-state index contributed by atoms with van der Waals surface area (Å²) in [4.78, 5) is 0. The number of allylic oxidation sites excluding steroid dienone is 4. The summed E-state index contributed by atoms with van der Waals surface area (Å²) < 4.78 is 0. The van der Waals surface area contributed by atoms with Crippen LogP contribution in [0.2, 0.25) is 0 Å². The van der Waals surface area contributed by atoms with Gasteiger partial charge in [-0.1, -0.05) is 23.3 Å². The van der Waals surface area contributed by atoms with Crippen LogP contribution < -0.4 is 0 Å². The summed E-state index contributed by atoms with van der Waals surface area (Å²) in [5, 5.41) is 0. The van der Waals surface area contributed by atoms with Crippen molar-refractivity contribution >= 4 is 0 Å². The Labute approximate surface area is 51.9 Å². The summed E-state index contributed by atoms with van der Waals surface area (Å²) in [6.45, 7) is 8.36. The molecule has 8 heavy (non-hydrogen) atoms. The van der Waals surface area contributed by atoms with Gasteiger partial charge in [-0.15, -0.1) is 0 Å². The Balaban J connectivity index is 4.04. The van der Waals surface area contributed by atoms with Gasteiger partial charge in [0.15, 0.2) is 0 Å². The topological polar surface area (TPSA) is 0 Å². The van der Waals surface area contributed by atoms with Crippen LogP contribution in [0.1, 0.15) is 27.7 Å². The third-order valence-electron chi connectivity index (χ3n) is 1.49. The zero-order valence-corrected chi connectivity index (χ0v) is 6.15. The molecule has 0 spiro atoms. The molecule has 0 aromatic rings. The second-order valence-electron chi connectivity index (χ2n) is 1.94. The summed E-state index contributed by atoms with van der Waals surface area (Å²) in [5.74, 6) is 0. The fraction of sp³-hybridized carbons (Fsp3) is 0.500. The van der Waals surface area contributed by atoms with Crippen LogP contribution in [-0.2, 0) is 0 Å². The lowest BCUT2D eigenvalue weighted by molar-refractivity contribution is 1.31. The lowest BCUT2D eigenvalue weighted by Crippen LogP contribution is -1.74. The van der Waals surface area contributed by atoms with Gasteiger partial charge in [-0.25, -0.2) is 0 Å². The molecule has 0 aliphatic carbocycles. The molecule has 46 valence electrons. The van der Waals surface area contributed by atoms with Crippen LogP contribution in [0.3, 0.4) is 0 Å². The van der Waals surface area contributed by atoms with Crippen molar-refractivity contribution in [2.45, 2.75) is 27.7 Å². The van der Waals surface area contributed by atoms with Crippen LogP contribution in [0.25, 0.3) is 0 Å². The maximum Gasteiger partial charge on any atom is -0.0399 e. The van der Waals surface area contributed by atoms with Gasteiger partial charge in [-0.3, -0.25) is 0 Å². The van der Waals surface area contributed by atoms with E-state index in [0.29, 0.717) is 0 Å². The highest BCUT2D eigenvalue weighted by Crippen LogP contribution is 2.05. The van der Waals surface area contributed by atoms with Crippen molar-refractivity contribution in [3.63, 3.8) is 0 Å². The minimum Gasteiger partial charge on any atom is -0.0845 e. The van der Waals surface area contributed by atoms with Gasteiger partial charge >= 0.3 is 0 Å². The van der Waals surface area contributed by atoms with Gasteiger partial charge in [-0.2, -0.15) is 0 Å². The van der Waals surface area contributed by atoms with Gasteiger partial charge in [0.25, 0.3) is 0 Å². The molecule has 0 aliphatic rings. The first-order valence-electron chi connectivity index (χ1n) is 2.98. The van der Waals surface area contributed by atoms with Crippen molar-refractivity contribution in [1.29, 1.82) is 0 Å². The highest BCUT2D eigenvalue weighted by molar-refractivity contribution is 5.25. The van der Waals surface area contributed by atoms with Gasteiger partial charge in [0.2, 0.25) is 0 Å². The zero-order chi connectivity index (χ0) is 6.57. The van der Waals surface area contributed by atoms with E-state index < -0.39 is 0 Å². The van der Waals surface area contributed by atoms with Gasteiger partial charge in [0, 0.05) is 0 Å². The molecule has 0 heteroatoms. The van der Waals surface area contributed by atoms with E-state index >= 15 is 0 Å². The minimum absolute atomic E-state index is 1.37. The summed E-state index contributed by atoms with van der Waals surface area (Å²) >= 11 is 0. The van der Waals surface area contributed by atoms with Crippen molar-refractivity contribution < 1.29 is 0 Å². The Bertz CT molecular complexity index is 100.